The zero-order valence-corrected chi connectivity index (χ0v) is 9.22. The summed E-state index contributed by atoms with van der Waals surface area (Å²) < 4.78 is 37.2. The average molecular weight is 245 g/mol. The van der Waals surface area contributed by atoms with Crippen LogP contribution in [0.3, 0.4) is 0 Å². The van der Waals surface area contributed by atoms with Crippen LogP contribution in [0.4, 0.5) is 18.9 Å². The highest BCUT2D eigenvalue weighted by atomic mass is 19.4. The van der Waals surface area contributed by atoms with Crippen molar-refractivity contribution in [2.24, 2.45) is 5.73 Å². The van der Waals surface area contributed by atoms with Gasteiger partial charge in [-0.25, -0.2) is 0 Å². The molecule has 17 heavy (non-hydrogen) atoms. The molecule has 0 unspecified atom stereocenters. The quantitative estimate of drug-likeness (QED) is 0.859. The number of nitrogens with zero attached hydrogens (tertiary/aromatic N) is 1. The van der Waals surface area contributed by atoms with Crippen LogP contribution in [0.1, 0.15) is 25.0 Å². The number of nitrogens with one attached hydrogen (secondary N) is 1. The largest absolute Gasteiger partial charge is 0.433 e. The van der Waals surface area contributed by atoms with Crippen LogP contribution >= 0.6 is 0 Å². The monoisotopic (exact) mass is 245 g/mol. The maximum absolute atomic E-state index is 12.4. The second-order valence-corrected chi connectivity index (χ2v) is 4.50. The van der Waals surface area contributed by atoms with Gasteiger partial charge in [0.1, 0.15) is 5.69 Å². The second-order valence-electron chi connectivity index (χ2n) is 4.50. The molecule has 0 spiro atoms. The summed E-state index contributed by atoms with van der Waals surface area (Å²) >= 11 is 0. The first-order valence-electron chi connectivity index (χ1n) is 5.45. The number of pyridine rings is 1. The lowest BCUT2D eigenvalue weighted by Gasteiger charge is -2.38. The number of hydrogen-bond acceptors (Lipinski definition) is 3. The molecule has 1 aliphatic rings. The summed E-state index contributed by atoms with van der Waals surface area (Å²) in [7, 11) is 0. The molecule has 0 amide bonds. The minimum Gasteiger partial charge on any atom is -0.383 e. The van der Waals surface area contributed by atoms with Gasteiger partial charge in [-0.3, -0.25) is 4.98 Å². The first-order valence-corrected chi connectivity index (χ1v) is 5.45. The number of alkyl halides is 3. The fourth-order valence-electron chi connectivity index (χ4n) is 1.78. The van der Waals surface area contributed by atoms with Gasteiger partial charge in [0.25, 0.3) is 0 Å². The van der Waals surface area contributed by atoms with Crippen LogP contribution in [-0.4, -0.2) is 17.1 Å². The van der Waals surface area contributed by atoms with E-state index in [-0.39, 0.29) is 5.54 Å². The van der Waals surface area contributed by atoms with E-state index in [0.717, 1.165) is 31.5 Å². The third-order valence-electron chi connectivity index (χ3n) is 3.04. The number of rotatable bonds is 3. The third kappa shape index (κ3) is 2.88. The molecular formula is C11H14F3N3. The highest BCUT2D eigenvalue weighted by Gasteiger charge is 2.34. The molecule has 1 saturated carbocycles. The molecule has 3 N–H and O–H groups in total. The van der Waals surface area contributed by atoms with E-state index in [9.17, 15) is 13.2 Å². The van der Waals surface area contributed by atoms with Crippen LogP contribution in [0.25, 0.3) is 0 Å². The molecular weight excluding hydrogens is 231 g/mol. The molecule has 0 saturated heterocycles. The zero-order valence-electron chi connectivity index (χ0n) is 9.22. The molecule has 1 aliphatic carbocycles. The molecule has 94 valence electrons. The van der Waals surface area contributed by atoms with E-state index in [1.54, 1.807) is 0 Å². The van der Waals surface area contributed by atoms with E-state index in [2.05, 4.69) is 10.3 Å². The van der Waals surface area contributed by atoms with Gasteiger partial charge in [-0.2, -0.15) is 13.2 Å². The lowest BCUT2D eigenvalue weighted by atomic mass is 9.78. The molecule has 0 aromatic carbocycles. The smallest absolute Gasteiger partial charge is 0.383 e. The zero-order chi connectivity index (χ0) is 12.5. The maximum Gasteiger partial charge on any atom is 0.433 e. The Morgan fingerprint density at radius 1 is 1.41 bits per heavy atom. The third-order valence-corrected chi connectivity index (χ3v) is 3.04. The van der Waals surface area contributed by atoms with Gasteiger partial charge < -0.3 is 11.1 Å². The van der Waals surface area contributed by atoms with Crippen molar-refractivity contribution in [2.45, 2.75) is 31.0 Å². The van der Waals surface area contributed by atoms with Gasteiger partial charge >= 0.3 is 6.18 Å². The van der Waals surface area contributed by atoms with Gasteiger partial charge in [-0.05, 0) is 31.4 Å². The summed E-state index contributed by atoms with van der Waals surface area (Å²) in [5.41, 5.74) is 5.23. The van der Waals surface area contributed by atoms with Gasteiger partial charge in [0.15, 0.2) is 0 Å². The van der Waals surface area contributed by atoms with Gasteiger partial charge in [0, 0.05) is 24.0 Å². The fourth-order valence-corrected chi connectivity index (χ4v) is 1.78. The molecule has 1 heterocycles. The Morgan fingerprint density at radius 2 is 2.12 bits per heavy atom. The molecule has 1 aromatic rings. The standard InChI is InChI=1S/C11H14F3N3/c12-11(13,14)9-6-8(2-5-16-9)17-7-10(15)3-1-4-10/h2,5-6H,1,3-4,7,15H2,(H,16,17). The van der Waals surface area contributed by atoms with E-state index < -0.39 is 11.9 Å². The molecule has 1 aromatic heterocycles. The molecule has 6 heteroatoms. The van der Waals surface area contributed by atoms with Crippen molar-refractivity contribution in [3.63, 3.8) is 0 Å². The van der Waals surface area contributed by atoms with E-state index in [4.69, 9.17) is 5.73 Å². The molecule has 0 radical (unpaired) electrons. The van der Waals surface area contributed by atoms with Crippen molar-refractivity contribution in [2.75, 3.05) is 11.9 Å². The van der Waals surface area contributed by atoms with Crippen molar-refractivity contribution in [1.29, 1.82) is 0 Å². The topological polar surface area (TPSA) is 50.9 Å². The van der Waals surface area contributed by atoms with E-state index in [1.165, 1.54) is 6.07 Å². The summed E-state index contributed by atoms with van der Waals surface area (Å²) in [5, 5.41) is 2.93. The van der Waals surface area contributed by atoms with E-state index in [1.807, 2.05) is 0 Å². The minimum absolute atomic E-state index is 0.262. The van der Waals surface area contributed by atoms with E-state index in [0.29, 0.717) is 12.2 Å². The number of anilines is 1. The number of halogens is 3. The molecule has 0 aliphatic heterocycles. The molecule has 2 rings (SSSR count). The van der Waals surface area contributed by atoms with Crippen LogP contribution in [-0.2, 0) is 6.18 Å². The summed E-state index contributed by atoms with van der Waals surface area (Å²) in [6.07, 6.45) is -0.347. The minimum atomic E-state index is -4.41. The Bertz CT molecular complexity index is 399. The van der Waals surface area contributed by atoms with Crippen LogP contribution < -0.4 is 11.1 Å². The summed E-state index contributed by atoms with van der Waals surface area (Å²) in [4.78, 5) is 3.29. The Labute approximate surface area is 97.2 Å². The van der Waals surface area contributed by atoms with Gasteiger partial charge in [0.05, 0.1) is 0 Å². The van der Waals surface area contributed by atoms with Crippen LogP contribution in [0.5, 0.6) is 0 Å². The van der Waals surface area contributed by atoms with Crippen LogP contribution in [0.2, 0.25) is 0 Å². The maximum atomic E-state index is 12.4. The highest BCUT2D eigenvalue weighted by molar-refractivity contribution is 5.44. The van der Waals surface area contributed by atoms with Gasteiger partial charge in [-0.15, -0.1) is 0 Å². The van der Waals surface area contributed by atoms with Crippen molar-refractivity contribution < 1.29 is 13.2 Å². The lowest BCUT2D eigenvalue weighted by molar-refractivity contribution is -0.141. The molecule has 0 bridgehead atoms. The SMILES string of the molecule is NC1(CNc2ccnc(C(F)(F)F)c2)CCC1. The first kappa shape index (κ1) is 12.2. The number of aromatic nitrogens is 1. The second kappa shape index (κ2) is 4.18. The summed E-state index contributed by atoms with van der Waals surface area (Å²) in [6, 6.07) is 2.51. The first-order chi connectivity index (χ1) is 7.89. The van der Waals surface area contributed by atoms with Crippen molar-refractivity contribution in [3.8, 4) is 0 Å². The average Bonchev–Trinajstić information content (AvgIpc) is 2.23. The molecule has 3 nitrogen and oxygen atoms in total. The highest BCUT2D eigenvalue weighted by Crippen LogP contribution is 2.31. The van der Waals surface area contributed by atoms with Crippen molar-refractivity contribution >= 4 is 5.69 Å². The lowest BCUT2D eigenvalue weighted by Crippen LogP contribution is -2.51. The van der Waals surface area contributed by atoms with E-state index >= 15 is 0 Å². The summed E-state index contributed by atoms with van der Waals surface area (Å²) in [5.74, 6) is 0. The van der Waals surface area contributed by atoms with Gasteiger partial charge in [0.2, 0.25) is 0 Å². The molecule has 0 atom stereocenters. The Morgan fingerprint density at radius 3 is 2.65 bits per heavy atom. The normalized spacial score (nSPS) is 18.6. The van der Waals surface area contributed by atoms with Crippen LogP contribution in [0.15, 0.2) is 18.3 Å². The predicted molar refractivity (Wildman–Crippen MR) is 58.5 cm³/mol. The Kier molecular flexibility index (Phi) is 2.99. The van der Waals surface area contributed by atoms with Crippen LogP contribution in [0, 0.1) is 0 Å². The predicted octanol–water partition coefficient (Wildman–Crippen LogP) is 2.39. The molecule has 1 fully saturated rings. The number of hydrogen-bond donors (Lipinski definition) is 2. The fraction of sp³-hybridized carbons (Fsp3) is 0.545. The summed E-state index contributed by atoms with van der Waals surface area (Å²) in [6.45, 7) is 0.494. The van der Waals surface area contributed by atoms with Crippen molar-refractivity contribution in [3.05, 3.63) is 24.0 Å². The van der Waals surface area contributed by atoms with Gasteiger partial charge in [-0.1, -0.05) is 0 Å². The van der Waals surface area contributed by atoms with Crippen molar-refractivity contribution in [1.82, 2.24) is 4.98 Å². The Hall–Kier alpha value is -1.30. The Balaban J connectivity index is 2.01. The number of nitrogens with two attached hydrogens (primary N) is 1.